The first-order valence-corrected chi connectivity index (χ1v) is 10.2. The molecular formula is C15H20ClN5OS2. The Morgan fingerprint density at radius 2 is 2.21 bits per heavy atom. The van der Waals surface area contributed by atoms with Crippen LogP contribution in [-0.4, -0.2) is 43.8 Å². The maximum atomic E-state index is 12.3. The van der Waals surface area contributed by atoms with Gasteiger partial charge < -0.3 is 4.90 Å². The molecule has 1 fully saturated rings. The first-order chi connectivity index (χ1) is 11.6. The second-order valence-electron chi connectivity index (χ2n) is 5.94. The van der Waals surface area contributed by atoms with Crippen LogP contribution in [0.3, 0.4) is 0 Å². The van der Waals surface area contributed by atoms with Crippen molar-refractivity contribution in [2.24, 2.45) is 0 Å². The van der Waals surface area contributed by atoms with Gasteiger partial charge in [-0.1, -0.05) is 42.6 Å². The molecule has 24 heavy (non-hydrogen) atoms. The predicted molar refractivity (Wildman–Crippen MR) is 96.5 cm³/mol. The van der Waals surface area contributed by atoms with Gasteiger partial charge in [0.1, 0.15) is 0 Å². The van der Waals surface area contributed by atoms with Gasteiger partial charge in [0.2, 0.25) is 11.1 Å². The highest BCUT2D eigenvalue weighted by atomic mass is 35.5. The van der Waals surface area contributed by atoms with Gasteiger partial charge in [0.05, 0.1) is 22.7 Å². The number of nitrogens with zero attached hydrogens (tertiary/aromatic N) is 5. The molecule has 6 nitrogen and oxygen atoms in total. The summed E-state index contributed by atoms with van der Waals surface area (Å²) in [4.78, 5) is 15.1. The summed E-state index contributed by atoms with van der Waals surface area (Å²) in [6.45, 7) is 0.574. The van der Waals surface area contributed by atoms with Crippen molar-refractivity contribution in [1.82, 2.24) is 25.1 Å². The van der Waals surface area contributed by atoms with Gasteiger partial charge in [-0.15, -0.1) is 16.4 Å². The number of hydrogen-bond donors (Lipinski definition) is 0. The van der Waals surface area contributed by atoms with Gasteiger partial charge in [0.15, 0.2) is 0 Å². The molecule has 1 amide bonds. The number of halogens is 1. The standard InChI is InChI=1S/C15H20ClN5OS2/c1-20(9-12-7-8-13(16)24-12)14(22)10-23-15-17-18-19-21(15)11-5-3-2-4-6-11/h7-8,11H,2-6,9-10H2,1H3. The molecule has 130 valence electrons. The number of carbonyl (C=O) groups excluding carboxylic acids is 1. The minimum atomic E-state index is 0.0581. The molecule has 0 spiro atoms. The summed E-state index contributed by atoms with van der Waals surface area (Å²) >= 11 is 8.84. The number of amides is 1. The SMILES string of the molecule is CN(Cc1ccc(Cl)s1)C(=O)CSc1nnnn1C1CCCCC1. The van der Waals surface area contributed by atoms with Gasteiger partial charge in [-0.2, -0.15) is 0 Å². The fourth-order valence-corrected chi connectivity index (χ4v) is 4.86. The second kappa shape index (κ2) is 8.31. The highest BCUT2D eigenvalue weighted by Gasteiger charge is 2.21. The van der Waals surface area contributed by atoms with Crippen molar-refractivity contribution in [3.05, 3.63) is 21.3 Å². The molecular weight excluding hydrogens is 366 g/mol. The van der Waals surface area contributed by atoms with Crippen molar-refractivity contribution in [3.63, 3.8) is 0 Å². The topological polar surface area (TPSA) is 63.9 Å². The van der Waals surface area contributed by atoms with Crippen LogP contribution in [0.2, 0.25) is 4.34 Å². The third-order valence-corrected chi connectivity index (χ3v) is 6.29. The van der Waals surface area contributed by atoms with Crippen molar-refractivity contribution < 1.29 is 4.79 Å². The molecule has 1 saturated carbocycles. The monoisotopic (exact) mass is 385 g/mol. The number of thiophene rings is 1. The Morgan fingerprint density at radius 3 is 2.92 bits per heavy atom. The number of rotatable bonds is 6. The van der Waals surface area contributed by atoms with Crippen LogP contribution in [0.15, 0.2) is 17.3 Å². The molecule has 1 aliphatic carbocycles. The zero-order valence-electron chi connectivity index (χ0n) is 13.5. The van der Waals surface area contributed by atoms with E-state index < -0.39 is 0 Å². The van der Waals surface area contributed by atoms with Crippen LogP contribution in [0, 0.1) is 0 Å². The Hall–Kier alpha value is -1.12. The van der Waals surface area contributed by atoms with Crippen molar-refractivity contribution in [2.75, 3.05) is 12.8 Å². The van der Waals surface area contributed by atoms with Crippen molar-refractivity contribution in [2.45, 2.75) is 49.8 Å². The molecule has 0 N–H and O–H groups in total. The Morgan fingerprint density at radius 1 is 1.42 bits per heavy atom. The average Bonchev–Trinajstić information content (AvgIpc) is 3.22. The van der Waals surface area contributed by atoms with E-state index in [1.165, 1.54) is 42.4 Å². The lowest BCUT2D eigenvalue weighted by Gasteiger charge is -2.22. The van der Waals surface area contributed by atoms with Crippen LogP contribution in [0.25, 0.3) is 0 Å². The number of hydrogen-bond acceptors (Lipinski definition) is 6. The lowest BCUT2D eigenvalue weighted by atomic mass is 9.96. The van der Waals surface area contributed by atoms with E-state index in [0.717, 1.165) is 27.2 Å². The number of thioether (sulfide) groups is 1. The van der Waals surface area contributed by atoms with Crippen LogP contribution in [0.4, 0.5) is 0 Å². The summed E-state index contributed by atoms with van der Waals surface area (Å²) in [7, 11) is 1.81. The van der Waals surface area contributed by atoms with Gasteiger partial charge >= 0.3 is 0 Å². The molecule has 0 radical (unpaired) electrons. The molecule has 0 atom stereocenters. The largest absolute Gasteiger partial charge is 0.340 e. The van der Waals surface area contributed by atoms with E-state index in [2.05, 4.69) is 15.5 Å². The summed E-state index contributed by atoms with van der Waals surface area (Å²) in [5.41, 5.74) is 0. The van der Waals surface area contributed by atoms with Crippen LogP contribution in [-0.2, 0) is 11.3 Å². The molecule has 3 rings (SSSR count). The highest BCUT2D eigenvalue weighted by Crippen LogP contribution is 2.30. The first-order valence-electron chi connectivity index (χ1n) is 8.02. The maximum absolute atomic E-state index is 12.3. The smallest absolute Gasteiger partial charge is 0.233 e. The minimum absolute atomic E-state index is 0.0581. The van der Waals surface area contributed by atoms with Gasteiger partial charge in [0.25, 0.3) is 0 Å². The normalized spacial score (nSPS) is 15.6. The van der Waals surface area contributed by atoms with Crippen molar-refractivity contribution >= 4 is 40.6 Å². The second-order valence-corrected chi connectivity index (χ2v) is 8.68. The van der Waals surface area contributed by atoms with E-state index in [1.54, 1.807) is 11.9 Å². The number of carbonyl (C=O) groups is 1. The summed E-state index contributed by atoms with van der Waals surface area (Å²) in [5, 5.41) is 12.8. The van der Waals surface area contributed by atoms with Gasteiger partial charge in [-0.05, 0) is 35.4 Å². The Kier molecular flexibility index (Phi) is 6.13. The third kappa shape index (κ3) is 4.49. The fourth-order valence-electron chi connectivity index (χ4n) is 2.83. The van der Waals surface area contributed by atoms with Crippen molar-refractivity contribution in [1.29, 1.82) is 0 Å². The maximum Gasteiger partial charge on any atom is 0.233 e. The van der Waals surface area contributed by atoms with Crippen molar-refractivity contribution in [3.8, 4) is 0 Å². The molecule has 1 aliphatic rings. The van der Waals surface area contributed by atoms with Gasteiger partial charge in [0, 0.05) is 11.9 Å². The van der Waals surface area contributed by atoms with E-state index in [0.29, 0.717) is 18.3 Å². The molecule has 2 aromatic heterocycles. The summed E-state index contributed by atoms with van der Waals surface area (Å²) in [5.74, 6) is 0.394. The highest BCUT2D eigenvalue weighted by molar-refractivity contribution is 7.99. The number of aromatic nitrogens is 4. The van der Waals surface area contributed by atoms with E-state index in [4.69, 9.17) is 11.6 Å². The van der Waals surface area contributed by atoms with E-state index in [9.17, 15) is 4.79 Å². The molecule has 0 saturated heterocycles. The average molecular weight is 386 g/mol. The first kappa shape index (κ1) is 17.7. The molecule has 0 bridgehead atoms. The summed E-state index contributed by atoms with van der Waals surface area (Å²) < 4.78 is 2.64. The van der Waals surface area contributed by atoms with E-state index in [1.807, 2.05) is 16.8 Å². The Balaban J connectivity index is 1.53. The van der Waals surface area contributed by atoms with Crippen LogP contribution in [0.5, 0.6) is 0 Å². The van der Waals surface area contributed by atoms with Gasteiger partial charge in [-0.3, -0.25) is 4.79 Å². The fraction of sp³-hybridized carbons (Fsp3) is 0.600. The molecule has 9 heteroatoms. The third-order valence-electron chi connectivity index (χ3n) is 4.16. The zero-order valence-corrected chi connectivity index (χ0v) is 15.9. The lowest BCUT2D eigenvalue weighted by Crippen LogP contribution is -2.27. The predicted octanol–water partition coefficient (Wildman–Crippen LogP) is 3.64. The molecule has 0 aliphatic heterocycles. The molecule has 2 aromatic rings. The summed E-state index contributed by atoms with van der Waals surface area (Å²) in [6, 6.07) is 4.18. The van der Waals surface area contributed by atoms with Gasteiger partial charge in [-0.25, -0.2) is 4.68 Å². The quantitative estimate of drug-likeness (QED) is 0.710. The van der Waals surface area contributed by atoms with Crippen LogP contribution < -0.4 is 0 Å². The Labute approximate surface area is 154 Å². The molecule has 0 unspecified atom stereocenters. The molecule has 2 heterocycles. The minimum Gasteiger partial charge on any atom is -0.340 e. The molecule has 0 aromatic carbocycles. The summed E-state index contributed by atoms with van der Waals surface area (Å²) in [6.07, 6.45) is 5.97. The van der Waals surface area contributed by atoms with Crippen LogP contribution in [0.1, 0.15) is 43.0 Å². The van der Waals surface area contributed by atoms with E-state index in [-0.39, 0.29) is 5.91 Å². The lowest BCUT2D eigenvalue weighted by molar-refractivity contribution is -0.127. The number of tetrazole rings is 1. The zero-order chi connectivity index (χ0) is 16.9. The Bertz CT molecular complexity index is 683. The van der Waals surface area contributed by atoms with E-state index >= 15 is 0 Å². The van der Waals surface area contributed by atoms with Crippen LogP contribution >= 0.6 is 34.7 Å².